The molecule has 2 aromatic heterocycles. The second-order valence-corrected chi connectivity index (χ2v) is 5.37. The van der Waals surface area contributed by atoms with Gasteiger partial charge < -0.3 is 14.5 Å². The molecule has 7 nitrogen and oxygen atoms in total. The fraction of sp³-hybridized carbons (Fsp3) is 0.333. The molecule has 0 spiro atoms. The van der Waals surface area contributed by atoms with Crippen molar-refractivity contribution in [3.05, 3.63) is 47.4 Å². The maximum Gasteiger partial charge on any atom is 0.360 e. The predicted molar refractivity (Wildman–Crippen MR) is 79.2 cm³/mol. The Labute approximate surface area is 131 Å². The topological polar surface area (TPSA) is 91.8 Å². The van der Waals surface area contributed by atoms with Crippen molar-refractivity contribution < 1.29 is 13.9 Å². The Hall–Kier alpha value is -2.77. The minimum absolute atomic E-state index is 0.154. The van der Waals surface area contributed by atoms with Gasteiger partial charge in [-0.05, 0) is 30.4 Å². The van der Waals surface area contributed by atoms with Gasteiger partial charge >= 0.3 is 5.97 Å². The third-order valence-electron chi connectivity index (χ3n) is 3.66. The zero-order valence-electron chi connectivity index (χ0n) is 12.5. The number of nitrogens with zero attached hydrogens (tertiary/aromatic N) is 3. The lowest BCUT2D eigenvalue weighted by atomic mass is 10.2. The van der Waals surface area contributed by atoms with Crippen molar-refractivity contribution in [2.75, 3.05) is 7.11 Å². The number of halogens is 1. The molecule has 0 aliphatic heterocycles. The van der Waals surface area contributed by atoms with Gasteiger partial charge in [-0.1, -0.05) is 0 Å². The second-order valence-electron chi connectivity index (χ2n) is 5.37. The van der Waals surface area contributed by atoms with Gasteiger partial charge in [-0.3, -0.25) is 0 Å². The van der Waals surface area contributed by atoms with Crippen LogP contribution in [0.15, 0.2) is 35.5 Å². The number of carbonyl (C=O) groups excluding carboxylic acids is 1. The monoisotopic (exact) mass is 317 g/mol. The van der Waals surface area contributed by atoms with Gasteiger partial charge in [0.15, 0.2) is 17.2 Å². The van der Waals surface area contributed by atoms with Crippen molar-refractivity contribution in [1.29, 1.82) is 5.53 Å². The molecular formula is C15H16FN5O2. The number of fused-ring (bicyclic) bond motifs is 1. The van der Waals surface area contributed by atoms with Crippen LogP contribution in [0.5, 0.6) is 0 Å². The molecule has 0 unspecified atom stereocenters. The molecule has 2 N–H and O–H groups in total. The molecule has 1 saturated carbocycles. The highest BCUT2D eigenvalue weighted by atomic mass is 19.1. The lowest BCUT2D eigenvalue weighted by molar-refractivity contribution is -0.136. The van der Waals surface area contributed by atoms with Gasteiger partial charge in [0.2, 0.25) is 0 Å². The van der Waals surface area contributed by atoms with Crippen LogP contribution in [0.2, 0.25) is 0 Å². The van der Waals surface area contributed by atoms with Crippen LogP contribution < -0.4 is 5.32 Å². The van der Waals surface area contributed by atoms with Crippen molar-refractivity contribution in [3.8, 4) is 0 Å². The maximum absolute atomic E-state index is 14.1. The molecular weight excluding hydrogens is 301 g/mol. The number of hydrogen-bond donors (Lipinski definition) is 2. The minimum atomic E-state index is -0.706. The summed E-state index contributed by atoms with van der Waals surface area (Å²) in [7, 11) is 1.21. The predicted octanol–water partition coefficient (Wildman–Crippen LogP) is 2.49. The Morgan fingerprint density at radius 2 is 2.39 bits per heavy atom. The summed E-state index contributed by atoms with van der Waals surface area (Å²) in [6.07, 6.45) is 7.12. The molecule has 120 valence electrons. The van der Waals surface area contributed by atoms with E-state index in [2.05, 4.69) is 20.2 Å². The Kier molecular flexibility index (Phi) is 4.05. The molecule has 1 aliphatic rings. The third-order valence-corrected chi connectivity index (χ3v) is 3.66. The van der Waals surface area contributed by atoms with E-state index in [9.17, 15) is 9.18 Å². The average Bonchev–Trinajstić information content (AvgIpc) is 3.31. The molecule has 23 heavy (non-hydrogen) atoms. The SMILES string of the molecule is COC(=O)/C(=C/NCc1cn2cc(C3CC3)cc(F)c2n1)N=N. The van der Waals surface area contributed by atoms with Crippen LogP contribution in [0.25, 0.3) is 5.65 Å². The van der Waals surface area contributed by atoms with E-state index in [1.54, 1.807) is 16.7 Å². The highest BCUT2D eigenvalue weighted by molar-refractivity contribution is 5.87. The Morgan fingerprint density at radius 3 is 3.04 bits per heavy atom. The number of hydrogen-bond acceptors (Lipinski definition) is 6. The molecule has 2 aromatic rings. The van der Waals surface area contributed by atoms with Crippen LogP contribution in [-0.2, 0) is 16.1 Å². The van der Waals surface area contributed by atoms with Crippen LogP contribution in [0.4, 0.5) is 4.39 Å². The van der Waals surface area contributed by atoms with Gasteiger partial charge in [-0.15, -0.1) is 5.11 Å². The van der Waals surface area contributed by atoms with E-state index in [1.807, 2.05) is 6.20 Å². The zero-order valence-corrected chi connectivity index (χ0v) is 12.5. The summed E-state index contributed by atoms with van der Waals surface area (Å²) < 4.78 is 20.2. The van der Waals surface area contributed by atoms with Gasteiger partial charge in [0, 0.05) is 18.6 Å². The first-order chi connectivity index (χ1) is 11.1. The number of imidazole rings is 1. The van der Waals surface area contributed by atoms with Crippen LogP contribution in [0.1, 0.15) is 30.0 Å². The Bertz CT molecular complexity index is 795. The van der Waals surface area contributed by atoms with Crippen molar-refractivity contribution in [1.82, 2.24) is 14.7 Å². The second kappa shape index (κ2) is 6.15. The highest BCUT2D eigenvalue weighted by Gasteiger charge is 2.25. The van der Waals surface area contributed by atoms with Gasteiger partial charge in [0.1, 0.15) is 0 Å². The van der Waals surface area contributed by atoms with E-state index >= 15 is 0 Å². The standard InChI is InChI=1S/C15H16FN5O2/c1-23-15(22)13(20-17)6-18-5-11-8-21-7-10(9-2-3-9)4-12(16)14(21)19-11/h4,6-9,17-18H,2-3,5H2,1H3/b13-6-,20-17?. The number of nitrogens with one attached hydrogen (secondary N) is 2. The van der Waals surface area contributed by atoms with Crippen LogP contribution >= 0.6 is 0 Å². The third kappa shape index (κ3) is 3.20. The summed E-state index contributed by atoms with van der Waals surface area (Å²) in [5, 5.41) is 5.90. The van der Waals surface area contributed by atoms with Crippen LogP contribution in [0.3, 0.4) is 0 Å². The summed E-state index contributed by atoms with van der Waals surface area (Å²) in [5.74, 6) is -0.586. The molecule has 1 aliphatic carbocycles. The largest absolute Gasteiger partial charge is 0.464 e. The smallest absolute Gasteiger partial charge is 0.360 e. The summed E-state index contributed by atoms with van der Waals surface area (Å²) in [4.78, 5) is 15.5. The van der Waals surface area contributed by atoms with Crippen LogP contribution in [-0.4, -0.2) is 22.5 Å². The van der Waals surface area contributed by atoms with Crippen molar-refractivity contribution in [3.63, 3.8) is 0 Å². The Morgan fingerprint density at radius 1 is 1.61 bits per heavy atom. The quantitative estimate of drug-likeness (QED) is 0.486. The molecule has 0 radical (unpaired) electrons. The molecule has 0 aromatic carbocycles. The number of rotatable bonds is 6. The number of pyridine rings is 1. The van der Waals surface area contributed by atoms with Gasteiger partial charge in [0.05, 0.1) is 19.3 Å². The number of carbonyl (C=O) groups is 1. The molecule has 1 fully saturated rings. The average molecular weight is 317 g/mol. The highest BCUT2D eigenvalue weighted by Crippen LogP contribution is 2.40. The molecule has 0 atom stereocenters. The summed E-state index contributed by atoms with van der Waals surface area (Å²) in [5.41, 5.74) is 8.63. The first-order valence-electron chi connectivity index (χ1n) is 7.18. The van der Waals surface area contributed by atoms with Gasteiger partial charge in [-0.2, -0.15) is 0 Å². The number of ether oxygens (including phenoxy) is 1. The molecule has 0 amide bonds. The summed E-state index contributed by atoms with van der Waals surface area (Å²) >= 11 is 0. The lowest BCUT2D eigenvalue weighted by Crippen LogP contribution is -2.10. The molecule has 2 heterocycles. The fourth-order valence-corrected chi connectivity index (χ4v) is 2.35. The number of methoxy groups -OCH3 is 1. The van der Waals surface area contributed by atoms with E-state index in [1.165, 1.54) is 13.3 Å². The minimum Gasteiger partial charge on any atom is -0.464 e. The Balaban J connectivity index is 1.76. The van der Waals surface area contributed by atoms with Crippen molar-refractivity contribution >= 4 is 11.6 Å². The van der Waals surface area contributed by atoms with Gasteiger partial charge in [0.25, 0.3) is 0 Å². The summed E-state index contributed by atoms with van der Waals surface area (Å²) in [6, 6.07) is 1.55. The first-order valence-corrected chi connectivity index (χ1v) is 7.18. The van der Waals surface area contributed by atoms with Crippen molar-refractivity contribution in [2.45, 2.75) is 25.3 Å². The van der Waals surface area contributed by atoms with E-state index < -0.39 is 5.97 Å². The lowest BCUT2D eigenvalue weighted by Gasteiger charge is -2.00. The van der Waals surface area contributed by atoms with Crippen molar-refractivity contribution in [2.24, 2.45) is 5.11 Å². The number of aromatic nitrogens is 2. The van der Waals surface area contributed by atoms with E-state index in [0.717, 1.165) is 18.4 Å². The van der Waals surface area contributed by atoms with Gasteiger partial charge in [-0.25, -0.2) is 19.7 Å². The molecule has 3 rings (SSSR count). The van der Waals surface area contributed by atoms with E-state index in [4.69, 9.17) is 5.53 Å². The maximum atomic E-state index is 14.1. The van der Waals surface area contributed by atoms with E-state index in [0.29, 0.717) is 11.6 Å². The summed E-state index contributed by atoms with van der Waals surface area (Å²) in [6.45, 7) is 0.274. The fourth-order valence-electron chi connectivity index (χ4n) is 2.35. The number of esters is 1. The molecule has 0 bridgehead atoms. The zero-order chi connectivity index (χ0) is 16.4. The molecule has 8 heteroatoms. The van der Waals surface area contributed by atoms with E-state index in [-0.39, 0.29) is 23.7 Å². The first kappa shape index (κ1) is 15.1. The normalized spacial score (nSPS) is 14.8. The van der Waals surface area contributed by atoms with Crippen LogP contribution in [0, 0.1) is 11.3 Å². The molecule has 0 saturated heterocycles.